The quantitative estimate of drug-likeness (QED) is 0.760. The Hall–Kier alpha value is -0.191. The third-order valence-electron chi connectivity index (χ3n) is 4.31. The van der Waals surface area contributed by atoms with Gasteiger partial charge in [-0.3, -0.25) is 0 Å². The summed E-state index contributed by atoms with van der Waals surface area (Å²) in [6.07, 6.45) is 5.00. The van der Waals surface area contributed by atoms with Gasteiger partial charge in [-0.2, -0.15) is 0 Å². The van der Waals surface area contributed by atoms with Crippen molar-refractivity contribution >= 4 is 31.2 Å². The zero-order chi connectivity index (χ0) is 16.1. The molecule has 0 unspecified atom stereocenters. The molecule has 1 aliphatic carbocycles. The first kappa shape index (κ1) is 18.2. The van der Waals surface area contributed by atoms with Crippen molar-refractivity contribution in [3.63, 3.8) is 0 Å². The number of thioether (sulfide) groups is 1. The Morgan fingerprint density at radius 3 is 2.73 bits per heavy atom. The minimum absolute atomic E-state index is 0.131. The van der Waals surface area contributed by atoms with Crippen LogP contribution < -0.4 is 9.20 Å². The Bertz CT molecular complexity index is 483. The molecule has 22 heavy (non-hydrogen) atoms. The molecule has 1 saturated carbocycles. The molecule has 1 aromatic carbocycles. The zero-order valence-electron chi connectivity index (χ0n) is 13.7. The first-order valence-corrected chi connectivity index (χ1v) is 10.8. The molecular formula is C17H26O3SSe. The molecule has 0 heterocycles. The number of methoxy groups -OCH3 is 2. The van der Waals surface area contributed by atoms with Gasteiger partial charge in [-0.1, -0.05) is 0 Å². The maximum absolute atomic E-state index is 10.5. The molecule has 0 saturated heterocycles. The molecule has 1 aromatic rings. The van der Waals surface area contributed by atoms with Crippen molar-refractivity contribution in [2.24, 2.45) is 0 Å². The van der Waals surface area contributed by atoms with Crippen molar-refractivity contribution in [1.29, 1.82) is 0 Å². The molecule has 1 aliphatic rings. The summed E-state index contributed by atoms with van der Waals surface area (Å²) < 4.78 is 12.6. The van der Waals surface area contributed by atoms with Crippen molar-refractivity contribution in [2.45, 2.75) is 48.5 Å². The predicted molar refractivity (Wildman–Crippen MR) is 94.7 cm³/mol. The monoisotopic (exact) mass is 390 g/mol. The molecule has 0 amide bonds. The van der Waals surface area contributed by atoms with Crippen LogP contribution in [0.2, 0.25) is 4.82 Å². The molecule has 0 aliphatic heterocycles. The molecule has 1 N–H and O–H groups in total. The number of aliphatic hydroxyl groups is 1. The molecule has 3 nitrogen and oxygen atoms in total. The van der Waals surface area contributed by atoms with Crippen LogP contribution >= 0.6 is 11.8 Å². The first-order valence-electron chi connectivity index (χ1n) is 7.69. The second kappa shape index (κ2) is 8.60. The third kappa shape index (κ3) is 4.01. The number of aliphatic hydroxyl groups excluding tert-OH is 1. The van der Waals surface area contributed by atoms with Crippen LogP contribution in [0.3, 0.4) is 0 Å². The van der Waals surface area contributed by atoms with Gasteiger partial charge in [-0.25, -0.2) is 0 Å². The minimum atomic E-state index is -0.263. The molecule has 0 bridgehead atoms. The fourth-order valence-corrected chi connectivity index (χ4v) is 6.92. The van der Waals surface area contributed by atoms with E-state index < -0.39 is 0 Å². The van der Waals surface area contributed by atoms with Crippen LogP contribution in [0.15, 0.2) is 18.2 Å². The Morgan fingerprint density at radius 2 is 2.09 bits per heavy atom. The Kier molecular flexibility index (Phi) is 7.10. The van der Waals surface area contributed by atoms with Crippen molar-refractivity contribution < 1.29 is 14.6 Å². The average molecular weight is 389 g/mol. The van der Waals surface area contributed by atoms with E-state index in [-0.39, 0.29) is 32.0 Å². The van der Waals surface area contributed by atoms with E-state index in [1.165, 1.54) is 10.0 Å². The molecule has 124 valence electrons. The molecule has 4 atom stereocenters. The van der Waals surface area contributed by atoms with Crippen LogP contribution in [0.1, 0.15) is 37.0 Å². The van der Waals surface area contributed by atoms with Crippen LogP contribution in [0.25, 0.3) is 0 Å². The van der Waals surface area contributed by atoms with Crippen molar-refractivity contribution in [3.8, 4) is 5.75 Å². The number of rotatable bonds is 6. The van der Waals surface area contributed by atoms with Crippen LogP contribution in [-0.2, 0) is 4.74 Å². The normalized spacial score (nSPS) is 26.7. The summed E-state index contributed by atoms with van der Waals surface area (Å²) in [5, 5.41) is 10.9. The van der Waals surface area contributed by atoms with E-state index in [2.05, 4.69) is 25.3 Å². The summed E-state index contributed by atoms with van der Waals surface area (Å²) in [4.78, 5) is 0.204. The summed E-state index contributed by atoms with van der Waals surface area (Å²) in [6, 6.07) is 6.29. The van der Waals surface area contributed by atoms with Gasteiger partial charge in [0.2, 0.25) is 0 Å². The maximum atomic E-state index is 10.5. The van der Waals surface area contributed by atoms with E-state index in [9.17, 15) is 5.11 Å². The second-order valence-corrected chi connectivity index (χ2v) is 9.28. The zero-order valence-corrected chi connectivity index (χ0v) is 16.3. The van der Waals surface area contributed by atoms with Crippen molar-refractivity contribution in [1.82, 2.24) is 0 Å². The average Bonchev–Trinajstić information content (AvgIpc) is 2.55. The second-order valence-electron chi connectivity index (χ2n) is 5.61. The SMILES string of the molecule is COc1cccc([C@H](C)SC)c1[Se][C@H]1[C@H](O)CCC[C@H]1OC. The Morgan fingerprint density at radius 1 is 1.32 bits per heavy atom. The van der Waals surface area contributed by atoms with E-state index in [4.69, 9.17) is 9.47 Å². The van der Waals surface area contributed by atoms with Crippen LogP contribution in [-0.4, -0.2) is 52.7 Å². The molecular weight excluding hydrogens is 363 g/mol. The van der Waals surface area contributed by atoms with Crippen LogP contribution in [0.4, 0.5) is 0 Å². The fourth-order valence-electron chi connectivity index (χ4n) is 2.91. The number of benzene rings is 1. The molecule has 1 fully saturated rings. The number of ether oxygens (including phenoxy) is 2. The molecule has 0 radical (unpaired) electrons. The number of hydrogen-bond donors (Lipinski definition) is 1. The van der Waals surface area contributed by atoms with Crippen LogP contribution in [0.5, 0.6) is 5.75 Å². The third-order valence-corrected chi connectivity index (χ3v) is 8.55. The molecule has 0 spiro atoms. The van der Waals surface area contributed by atoms with Gasteiger partial charge in [0, 0.05) is 0 Å². The summed E-state index contributed by atoms with van der Waals surface area (Å²) in [7, 11) is 3.49. The summed E-state index contributed by atoms with van der Waals surface area (Å²) >= 11 is 1.97. The number of hydrogen-bond acceptors (Lipinski definition) is 4. The standard InChI is InChI=1S/C17H26O3SSe/c1-11(21-4)12-7-5-9-14(19-2)16(12)22-17-13(18)8-6-10-15(17)20-3/h5,7,9,11,13,15,17-18H,6,8,10H2,1-4H3/t11-,13+,15+,17-/m0/s1. The summed E-state index contributed by atoms with van der Waals surface area (Å²) in [5.41, 5.74) is 1.33. The van der Waals surface area contributed by atoms with E-state index in [1.54, 1.807) is 14.2 Å². The van der Waals surface area contributed by atoms with Gasteiger partial charge in [0.25, 0.3) is 0 Å². The van der Waals surface area contributed by atoms with E-state index >= 15 is 0 Å². The predicted octanol–water partition coefficient (Wildman–Crippen LogP) is 2.80. The van der Waals surface area contributed by atoms with Crippen LogP contribution in [0, 0.1) is 0 Å². The van der Waals surface area contributed by atoms with Crippen molar-refractivity contribution in [3.05, 3.63) is 23.8 Å². The van der Waals surface area contributed by atoms with Gasteiger partial charge in [0.15, 0.2) is 0 Å². The molecule has 2 rings (SSSR count). The summed E-state index contributed by atoms with van der Waals surface area (Å²) in [5.74, 6) is 0.950. The van der Waals surface area contributed by atoms with Gasteiger partial charge in [-0.15, -0.1) is 0 Å². The topological polar surface area (TPSA) is 38.7 Å². The molecule has 5 heteroatoms. The van der Waals surface area contributed by atoms with Crippen molar-refractivity contribution in [2.75, 3.05) is 20.5 Å². The fraction of sp³-hybridized carbons (Fsp3) is 0.647. The van der Waals surface area contributed by atoms with Gasteiger partial charge < -0.3 is 0 Å². The summed E-state index contributed by atoms with van der Waals surface area (Å²) in [6.45, 7) is 2.23. The van der Waals surface area contributed by atoms with Gasteiger partial charge in [0.05, 0.1) is 0 Å². The van der Waals surface area contributed by atoms with E-state index in [0.717, 1.165) is 25.0 Å². The van der Waals surface area contributed by atoms with E-state index in [0.29, 0.717) is 5.25 Å². The Labute approximate surface area is 144 Å². The van der Waals surface area contributed by atoms with Gasteiger partial charge in [0.1, 0.15) is 0 Å². The van der Waals surface area contributed by atoms with Gasteiger partial charge >= 0.3 is 144 Å². The molecule has 0 aromatic heterocycles. The van der Waals surface area contributed by atoms with E-state index in [1.807, 2.05) is 17.8 Å². The van der Waals surface area contributed by atoms with Gasteiger partial charge in [-0.05, 0) is 0 Å². The Balaban J connectivity index is 2.33. The first-order chi connectivity index (χ1) is 10.6.